The fraction of sp³-hybridized carbons (Fsp3) is 0.455. The second-order valence-corrected chi connectivity index (χ2v) is 7.59. The van der Waals surface area contributed by atoms with Gasteiger partial charge in [-0.2, -0.15) is 0 Å². The van der Waals surface area contributed by atoms with Crippen molar-refractivity contribution in [3.05, 3.63) is 59.2 Å². The Morgan fingerprint density at radius 3 is 2.65 bits per heavy atom. The lowest BCUT2D eigenvalue weighted by atomic mass is 10.0. The number of para-hydroxylation sites is 1. The number of aliphatic hydroxyl groups is 1. The molecule has 4 heteroatoms. The molecule has 1 N–H and O–H groups in total. The minimum Gasteiger partial charge on any atom is -0.490 e. The van der Waals surface area contributed by atoms with Crippen LogP contribution in [0.3, 0.4) is 0 Å². The SMILES string of the molecule is Cc1ccccc1N1CCN(C[C@@H](O)c2ccc3c(c2)C[C@@H](C)O3)CC1. The van der Waals surface area contributed by atoms with Crippen LogP contribution >= 0.6 is 0 Å². The van der Waals surface area contributed by atoms with Crippen LogP contribution in [0.25, 0.3) is 0 Å². The Balaban J connectivity index is 1.34. The summed E-state index contributed by atoms with van der Waals surface area (Å²) in [5.74, 6) is 0.972. The van der Waals surface area contributed by atoms with Crippen LogP contribution in [0.4, 0.5) is 5.69 Å². The van der Waals surface area contributed by atoms with Crippen molar-refractivity contribution in [2.45, 2.75) is 32.5 Å². The number of rotatable bonds is 4. The zero-order chi connectivity index (χ0) is 18.1. The molecule has 26 heavy (non-hydrogen) atoms. The van der Waals surface area contributed by atoms with Crippen LogP contribution < -0.4 is 9.64 Å². The van der Waals surface area contributed by atoms with Gasteiger partial charge in [-0.05, 0) is 48.7 Å². The van der Waals surface area contributed by atoms with Crippen LogP contribution in [0.5, 0.6) is 5.75 Å². The first-order valence-corrected chi connectivity index (χ1v) is 9.60. The maximum Gasteiger partial charge on any atom is 0.123 e. The number of ether oxygens (including phenoxy) is 1. The van der Waals surface area contributed by atoms with Crippen molar-refractivity contribution in [3.8, 4) is 5.75 Å². The third-order valence-corrected chi connectivity index (χ3v) is 5.56. The third kappa shape index (κ3) is 3.57. The lowest BCUT2D eigenvalue weighted by Gasteiger charge is -2.37. The molecule has 2 aromatic rings. The summed E-state index contributed by atoms with van der Waals surface area (Å²) >= 11 is 0. The number of benzene rings is 2. The van der Waals surface area contributed by atoms with E-state index in [2.05, 4.69) is 54.0 Å². The van der Waals surface area contributed by atoms with Crippen molar-refractivity contribution in [1.82, 2.24) is 4.90 Å². The second-order valence-electron chi connectivity index (χ2n) is 7.59. The fourth-order valence-electron chi connectivity index (χ4n) is 4.09. The monoisotopic (exact) mass is 352 g/mol. The molecule has 2 aliphatic rings. The first-order valence-electron chi connectivity index (χ1n) is 9.60. The van der Waals surface area contributed by atoms with E-state index in [9.17, 15) is 5.11 Å². The standard InChI is InChI=1S/C22H28N2O2/c1-16-5-3-4-6-20(16)24-11-9-23(10-12-24)15-21(25)18-7-8-22-19(14-18)13-17(2)26-22/h3-8,14,17,21,25H,9-13,15H2,1-2H3/t17-,21-/m1/s1. The highest BCUT2D eigenvalue weighted by Gasteiger charge is 2.23. The molecule has 0 aliphatic carbocycles. The summed E-state index contributed by atoms with van der Waals surface area (Å²) in [5, 5.41) is 10.7. The molecule has 138 valence electrons. The number of aliphatic hydroxyl groups excluding tert-OH is 1. The molecular weight excluding hydrogens is 324 g/mol. The van der Waals surface area contributed by atoms with E-state index in [-0.39, 0.29) is 6.10 Å². The summed E-state index contributed by atoms with van der Waals surface area (Å²) in [4.78, 5) is 4.82. The Morgan fingerprint density at radius 2 is 1.88 bits per heavy atom. The molecule has 2 heterocycles. The van der Waals surface area contributed by atoms with E-state index >= 15 is 0 Å². The lowest BCUT2D eigenvalue weighted by Crippen LogP contribution is -2.47. The fourth-order valence-corrected chi connectivity index (χ4v) is 4.09. The van der Waals surface area contributed by atoms with E-state index in [0.717, 1.165) is 43.9 Å². The summed E-state index contributed by atoms with van der Waals surface area (Å²) < 4.78 is 5.76. The number of piperazine rings is 1. The zero-order valence-corrected chi connectivity index (χ0v) is 15.7. The average molecular weight is 352 g/mol. The third-order valence-electron chi connectivity index (χ3n) is 5.56. The van der Waals surface area contributed by atoms with Gasteiger partial charge in [0.25, 0.3) is 0 Å². The number of nitrogens with zero attached hydrogens (tertiary/aromatic N) is 2. The van der Waals surface area contributed by atoms with Gasteiger partial charge in [-0.25, -0.2) is 0 Å². The normalized spacial score (nSPS) is 21.3. The predicted molar refractivity (Wildman–Crippen MR) is 105 cm³/mol. The molecule has 0 saturated carbocycles. The molecule has 0 amide bonds. The van der Waals surface area contributed by atoms with Crippen molar-refractivity contribution in [2.24, 2.45) is 0 Å². The Kier molecular flexibility index (Phi) is 4.88. The van der Waals surface area contributed by atoms with Gasteiger partial charge in [-0.15, -0.1) is 0 Å². The summed E-state index contributed by atoms with van der Waals surface area (Å²) in [6.45, 7) is 8.93. The molecule has 0 aromatic heterocycles. The smallest absolute Gasteiger partial charge is 0.123 e. The van der Waals surface area contributed by atoms with Crippen molar-refractivity contribution in [2.75, 3.05) is 37.6 Å². The van der Waals surface area contributed by atoms with Gasteiger partial charge in [0.15, 0.2) is 0 Å². The predicted octanol–water partition coefficient (Wildman–Crippen LogP) is 3.17. The number of hydrogen-bond acceptors (Lipinski definition) is 4. The van der Waals surface area contributed by atoms with Crippen LogP contribution in [0.1, 0.15) is 29.7 Å². The number of β-amino-alcohol motifs (C(OH)–C–C–N with tert-alkyl or cyclic N) is 1. The van der Waals surface area contributed by atoms with Gasteiger partial charge in [0.1, 0.15) is 11.9 Å². The lowest BCUT2D eigenvalue weighted by molar-refractivity contribution is 0.109. The summed E-state index contributed by atoms with van der Waals surface area (Å²) in [5.41, 5.74) is 4.89. The molecule has 0 radical (unpaired) electrons. The maximum atomic E-state index is 10.7. The van der Waals surface area contributed by atoms with Crippen molar-refractivity contribution < 1.29 is 9.84 Å². The van der Waals surface area contributed by atoms with Crippen LogP contribution in [0.15, 0.2) is 42.5 Å². The quantitative estimate of drug-likeness (QED) is 0.917. The summed E-state index contributed by atoms with van der Waals surface area (Å²) in [7, 11) is 0. The second kappa shape index (κ2) is 7.29. The van der Waals surface area contributed by atoms with E-state index in [1.165, 1.54) is 16.8 Å². The Bertz CT molecular complexity index is 768. The van der Waals surface area contributed by atoms with Crippen LogP contribution in [-0.2, 0) is 6.42 Å². The molecule has 2 aliphatic heterocycles. The number of aryl methyl sites for hydroxylation is 1. The van der Waals surface area contributed by atoms with Gasteiger partial charge >= 0.3 is 0 Å². The average Bonchev–Trinajstić information content (AvgIpc) is 3.02. The molecule has 4 rings (SSSR count). The molecule has 0 spiro atoms. The van der Waals surface area contributed by atoms with Crippen LogP contribution in [-0.4, -0.2) is 48.8 Å². The van der Waals surface area contributed by atoms with Crippen molar-refractivity contribution in [1.29, 1.82) is 0 Å². The van der Waals surface area contributed by atoms with E-state index in [4.69, 9.17) is 4.74 Å². The molecule has 0 bridgehead atoms. The molecule has 0 unspecified atom stereocenters. The molecule has 1 saturated heterocycles. The van der Waals surface area contributed by atoms with Gasteiger partial charge in [-0.1, -0.05) is 24.3 Å². The molecular formula is C22H28N2O2. The Hall–Kier alpha value is -2.04. The number of anilines is 1. The first kappa shape index (κ1) is 17.4. The molecule has 4 nitrogen and oxygen atoms in total. The van der Waals surface area contributed by atoms with Gasteiger partial charge < -0.3 is 14.7 Å². The van der Waals surface area contributed by atoms with E-state index in [0.29, 0.717) is 6.54 Å². The van der Waals surface area contributed by atoms with Gasteiger partial charge in [0, 0.05) is 44.8 Å². The van der Waals surface area contributed by atoms with Gasteiger partial charge in [0.05, 0.1) is 6.10 Å². The highest BCUT2D eigenvalue weighted by Crippen LogP contribution is 2.31. The number of hydrogen-bond donors (Lipinski definition) is 1. The molecule has 2 atom stereocenters. The van der Waals surface area contributed by atoms with E-state index in [1.54, 1.807) is 0 Å². The maximum absolute atomic E-state index is 10.7. The minimum atomic E-state index is -0.443. The highest BCUT2D eigenvalue weighted by atomic mass is 16.5. The van der Waals surface area contributed by atoms with Gasteiger partial charge in [0.2, 0.25) is 0 Å². The Morgan fingerprint density at radius 1 is 1.12 bits per heavy atom. The van der Waals surface area contributed by atoms with Crippen molar-refractivity contribution in [3.63, 3.8) is 0 Å². The summed E-state index contributed by atoms with van der Waals surface area (Å²) in [6.07, 6.45) is 0.735. The van der Waals surface area contributed by atoms with E-state index in [1.807, 2.05) is 12.1 Å². The highest BCUT2D eigenvalue weighted by molar-refractivity contribution is 5.53. The Labute approximate surface area is 156 Å². The van der Waals surface area contributed by atoms with Crippen LogP contribution in [0.2, 0.25) is 0 Å². The van der Waals surface area contributed by atoms with Gasteiger partial charge in [-0.3, -0.25) is 4.90 Å². The molecule has 1 fully saturated rings. The molecule has 2 aromatic carbocycles. The minimum absolute atomic E-state index is 0.243. The summed E-state index contributed by atoms with van der Waals surface area (Å²) in [6, 6.07) is 14.7. The zero-order valence-electron chi connectivity index (χ0n) is 15.7. The number of fused-ring (bicyclic) bond motifs is 1. The topological polar surface area (TPSA) is 35.9 Å². The largest absolute Gasteiger partial charge is 0.490 e. The van der Waals surface area contributed by atoms with E-state index < -0.39 is 6.10 Å². The van der Waals surface area contributed by atoms with Crippen molar-refractivity contribution >= 4 is 5.69 Å². The van der Waals surface area contributed by atoms with Crippen LogP contribution in [0, 0.1) is 6.92 Å². The first-order chi connectivity index (χ1) is 12.6.